The summed E-state index contributed by atoms with van der Waals surface area (Å²) in [6.07, 6.45) is 3.59. The van der Waals surface area contributed by atoms with E-state index in [1.54, 1.807) is 0 Å². The van der Waals surface area contributed by atoms with Crippen LogP contribution in [0.1, 0.15) is 47.2 Å². The number of carbonyl (C=O) groups is 2. The first-order chi connectivity index (χ1) is 12.1. The molecule has 4 nitrogen and oxygen atoms in total. The molecule has 132 valence electrons. The number of anilines is 1. The quantitative estimate of drug-likeness (QED) is 0.541. The average Bonchev–Trinajstić information content (AvgIpc) is 2.60. The van der Waals surface area contributed by atoms with Gasteiger partial charge in [-0.1, -0.05) is 42.3 Å². The van der Waals surface area contributed by atoms with Gasteiger partial charge in [-0.25, -0.2) is 0 Å². The zero-order chi connectivity index (χ0) is 18.1. The number of aryl methyl sites for hydroxylation is 1. The topological polar surface area (TPSA) is 72.2 Å². The Balaban J connectivity index is 1.58. The van der Waals surface area contributed by atoms with Gasteiger partial charge in [-0.15, -0.1) is 0 Å². The molecular formula is C21H26N2O2. The number of Topliss-reactive ketones (excluding diaryl/α,β-unsaturated/α-hetero) is 1. The number of nitrogens with two attached hydrogens (primary N) is 1. The van der Waals surface area contributed by atoms with Crippen LogP contribution in [0.25, 0.3) is 0 Å². The molecular weight excluding hydrogens is 312 g/mol. The van der Waals surface area contributed by atoms with Crippen molar-refractivity contribution in [1.29, 1.82) is 0 Å². The van der Waals surface area contributed by atoms with Crippen molar-refractivity contribution in [2.45, 2.75) is 39.0 Å². The molecule has 0 aromatic heterocycles. The summed E-state index contributed by atoms with van der Waals surface area (Å²) in [6, 6.07) is 15.0. The van der Waals surface area contributed by atoms with Gasteiger partial charge in [-0.2, -0.15) is 0 Å². The van der Waals surface area contributed by atoms with Gasteiger partial charge in [0, 0.05) is 30.6 Å². The maximum Gasteiger partial charge on any atom is 0.251 e. The second-order valence-electron chi connectivity index (χ2n) is 6.35. The molecule has 0 aliphatic rings. The molecule has 0 saturated heterocycles. The van der Waals surface area contributed by atoms with Crippen molar-refractivity contribution in [3.05, 3.63) is 65.2 Å². The van der Waals surface area contributed by atoms with Crippen molar-refractivity contribution in [3.8, 4) is 0 Å². The average molecular weight is 338 g/mol. The van der Waals surface area contributed by atoms with Crippen LogP contribution in [-0.4, -0.2) is 18.2 Å². The van der Waals surface area contributed by atoms with E-state index in [2.05, 4.69) is 5.32 Å². The third-order valence-electron chi connectivity index (χ3n) is 4.17. The summed E-state index contributed by atoms with van der Waals surface area (Å²) in [5, 5.41) is 2.91. The lowest BCUT2D eigenvalue weighted by atomic mass is 10.0. The monoisotopic (exact) mass is 338 g/mol. The predicted octanol–water partition coefficient (Wildman–Crippen LogP) is 3.68. The van der Waals surface area contributed by atoms with Crippen molar-refractivity contribution in [2.75, 3.05) is 12.3 Å². The summed E-state index contributed by atoms with van der Waals surface area (Å²) in [7, 11) is 0. The molecule has 25 heavy (non-hydrogen) atoms. The van der Waals surface area contributed by atoms with E-state index >= 15 is 0 Å². The van der Waals surface area contributed by atoms with Crippen molar-refractivity contribution in [3.63, 3.8) is 0 Å². The Morgan fingerprint density at radius 3 is 2.40 bits per heavy atom. The third kappa shape index (κ3) is 6.42. The number of amides is 1. The molecule has 1 amide bonds. The Labute approximate surface area is 149 Å². The van der Waals surface area contributed by atoms with Crippen LogP contribution in [0.4, 0.5) is 5.69 Å². The fourth-order valence-electron chi connectivity index (χ4n) is 2.63. The van der Waals surface area contributed by atoms with Crippen LogP contribution in [-0.2, 0) is 11.2 Å². The molecule has 0 saturated carbocycles. The van der Waals surface area contributed by atoms with Crippen LogP contribution >= 0.6 is 0 Å². The molecule has 0 aliphatic heterocycles. The molecule has 3 N–H and O–H groups in total. The lowest BCUT2D eigenvalue weighted by Gasteiger charge is -2.06. The SMILES string of the molecule is Cc1ccc(C(=O)NCCCCCC(=O)Cc2ccccc2N)cc1. The molecule has 0 aliphatic carbocycles. The van der Waals surface area contributed by atoms with Crippen molar-refractivity contribution >= 4 is 17.4 Å². The van der Waals surface area contributed by atoms with Crippen molar-refractivity contribution < 1.29 is 9.59 Å². The van der Waals surface area contributed by atoms with Gasteiger partial charge in [0.05, 0.1) is 0 Å². The van der Waals surface area contributed by atoms with Gasteiger partial charge in [0.15, 0.2) is 0 Å². The number of benzene rings is 2. The van der Waals surface area contributed by atoms with Gasteiger partial charge in [-0.05, 0) is 43.5 Å². The first-order valence-electron chi connectivity index (χ1n) is 8.76. The first-order valence-corrected chi connectivity index (χ1v) is 8.76. The minimum atomic E-state index is -0.0457. The fraction of sp³-hybridized carbons (Fsp3) is 0.333. The summed E-state index contributed by atoms with van der Waals surface area (Å²) in [5.74, 6) is 0.164. The van der Waals surface area contributed by atoms with Crippen molar-refractivity contribution in [2.24, 2.45) is 0 Å². The van der Waals surface area contributed by atoms with Gasteiger partial charge >= 0.3 is 0 Å². The summed E-state index contributed by atoms with van der Waals surface area (Å²) in [6.45, 7) is 2.63. The molecule has 2 rings (SSSR count). The summed E-state index contributed by atoms with van der Waals surface area (Å²) < 4.78 is 0. The minimum absolute atomic E-state index is 0.0457. The van der Waals surface area contributed by atoms with Crippen LogP contribution in [0, 0.1) is 6.92 Å². The van der Waals surface area contributed by atoms with E-state index in [-0.39, 0.29) is 11.7 Å². The minimum Gasteiger partial charge on any atom is -0.398 e. The number of nitrogen functional groups attached to an aromatic ring is 1. The van der Waals surface area contributed by atoms with Crippen LogP contribution in [0.3, 0.4) is 0 Å². The predicted molar refractivity (Wildman–Crippen MR) is 102 cm³/mol. The van der Waals surface area contributed by atoms with E-state index in [9.17, 15) is 9.59 Å². The molecule has 2 aromatic rings. The van der Waals surface area contributed by atoms with Gasteiger partial charge in [-0.3, -0.25) is 9.59 Å². The third-order valence-corrected chi connectivity index (χ3v) is 4.17. The summed E-state index contributed by atoms with van der Waals surface area (Å²) in [5.41, 5.74) is 9.25. The summed E-state index contributed by atoms with van der Waals surface area (Å²) in [4.78, 5) is 23.9. The summed E-state index contributed by atoms with van der Waals surface area (Å²) >= 11 is 0. The normalized spacial score (nSPS) is 10.4. The molecule has 4 heteroatoms. The molecule has 0 heterocycles. The second kappa shape index (κ2) is 9.62. The number of unbranched alkanes of at least 4 members (excludes halogenated alkanes) is 2. The van der Waals surface area contributed by atoms with E-state index < -0.39 is 0 Å². The van der Waals surface area contributed by atoms with Gasteiger partial charge < -0.3 is 11.1 Å². The van der Waals surface area contributed by atoms with Crippen LogP contribution < -0.4 is 11.1 Å². The Morgan fingerprint density at radius 1 is 0.960 bits per heavy atom. The van der Waals surface area contributed by atoms with Crippen LogP contribution in [0.5, 0.6) is 0 Å². The molecule has 0 radical (unpaired) electrons. The van der Waals surface area contributed by atoms with E-state index in [1.165, 1.54) is 0 Å². The standard InChI is InChI=1S/C21H26N2O2/c1-16-10-12-17(13-11-16)21(25)23-14-6-2-3-8-19(24)15-18-7-4-5-9-20(18)22/h4-5,7,9-13H,2-3,6,8,14-15,22H2,1H3,(H,23,25). The van der Waals surface area contributed by atoms with Gasteiger partial charge in [0.1, 0.15) is 5.78 Å². The highest BCUT2D eigenvalue weighted by Gasteiger charge is 2.07. The Hall–Kier alpha value is -2.62. The zero-order valence-electron chi connectivity index (χ0n) is 14.8. The maximum atomic E-state index is 12.0. The van der Waals surface area contributed by atoms with Crippen molar-refractivity contribution in [1.82, 2.24) is 5.32 Å². The smallest absolute Gasteiger partial charge is 0.251 e. The number of carbonyl (C=O) groups excluding carboxylic acids is 2. The number of hydrogen-bond acceptors (Lipinski definition) is 3. The Bertz CT molecular complexity index is 708. The molecule has 0 unspecified atom stereocenters. The van der Waals surface area contributed by atoms with E-state index in [0.29, 0.717) is 30.6 Å². The highest BCUT2D eigenvalue weighted by molar-refractivity contribution is 5.94. The number of hydrogen-bond donors (Lipinski definition) is 2. The highest BCUT2D eigenvalue weighted by atomic mass is 16.1. The number of para-hydroxylation sites is 1. The molecule has 0 bridgehead atoms. The highest BCUT2D eigenvalue weighted by Crippen LogP contribution is 2.13. The number of rotatable bonds is 9. The molecule has 0 spiro atoms. The molecule has 2 aromatic carbocycles. The fourth-order valence-corrected chi connectivity index (χ4v) is 2.63. The molecule has 0 atom stereocenters. The van der Waals surface area contributed by atoms with E-state index in [0.717, 1.165) is 30.4 Å². The first kappa shape index (κ1) is 18.7. The lowest BCUT2D eigenvalue weighted by Crippen LogP contribution is -2.24. The van der Waals surface area contributed by atoms with Gasteiger partial charge in [0.25, 0.3) is 5.91 Å². The van der Waals surface area contributed by atoms with E-state index in [1.807, 2.05) is 55.5 Å². The lowest BCUT2D eigenvalue weighted by molar-refractivity contribution is -0.118. The Morgan fingerprint density at radius 2 is 1.68 bits per heavy atom. The number of nitrogens with one attached hydrogen (secondary N) is 1. The van der Waals surface area contributed by atoms with Crippen LogP contribution in [0.15, 0.2) is 48.5 Å². The number of ketones is 1. The largest absolute Gasteiger partial charge is 0.398 e. The molecule has 0 fully saturated rings. The zero-order valence-corrected chi connectivity index (χ0v) is 14.8. The van der Waals surface area contributed by atoms with Crippen LogP contribution in [0.2, 0.25) is 0 Å². The van der Waals surface area contributed by atoms with E-state index in [4.69, 9.17) is 5.73 Å². The van der Waals surface area contributed by atoms with Gasteiger partial charge in [0.2, 0.25) is 0 Å². The second-order valence-corrected chi connectivity index (χ2v) is 6.35. The Kier molecular flexibility index (Phi) is 7.20. The maximum absolute atomic E-state index is 12.0.